The summed E-state index contributed by atoms with van der Waals surface area (Å²) in [5.41, 5.74) is 3.15. The zero-order chi connectivity index (χ0) is 16.1. The van der Waals surface area contributed by atoms with E-state index in [1.54, 1.807) is 16.7 Å². The van der Waals surface area contributed by atoms with Gasteiger partial charge in [0.15, 0.2) is 0 Å². The highest BCUT2D eigenvalue weighted by molar-refractivity contribution is 7.99. The first-order valence-corrected chi connectivity index (χ1v) is 8.46. The van der Waals surface area contributed by atoms with Gasteiger partial charge in [-0.05, 0) is 26.3 Å². The summed E-state index contributed by atoms with van der Waals surface area (Å²) in [4.78, 5) is 14.1. The molecule has 0 N–H and O–H groups in total. The molecule has 0 aliphatic rings. The molecule has 1 aromatic heterocycles. The molecule has 0 saturated carbocycles. The molecule has 5 heteroatoms. The number of hydrogen-bond acceptors (Lipinski definition) is 4. The minimum atomic E-state index is 0.0772. The zero-order valence-electron chi connectivity index (χ0n) is 13.5. The third kappa shape index (κ3) is 3.91. The fourth-order valence-electron chi connectivity index (χ4n) is 2.22. The Morgan fingerprint density at radius 1 is 1.32 bits per heavy atom. The van der Waals surface area contributed by atoms with Gasteiger partial charge in [-0.2, -0.15) is 0 Å². The molecule has 1 amide bonds. The molecule has 1 unspecified atom stereocenters. The van der Waals surface area contributed by atoms with Crippen LogP contribution in [0.4, 0.5) is 0 Å². The fourth-order valence-corrected chi connectivity index (χ4v) is 3.32. The highest BCUT2D eigenvalue weighted by atomic mass is 32.2. The largest absolute Gasteiger partial charge is 0.361 e. The van der Waals surface area contributed by atoms with E-state index in [9.17, 15) is 4.79 Å². The van der Waals surface area contributed by atoms with Gasteiger partial charge in [-0.3, -0.25) is 4.79 Å². The average molecular weight is 318 g/mol. The van der Waals surface area contributed by atoms with Crippen LogP contribution in [0.15, 0.2) is 34.9 Å². The van der Waals surface area contributed by atoms with Crippen LogP contribution in [-0.4, -0.2) is 28.8 Å². The van der Waals surface area contributed by atoms with Crippen molar-refractivity contribution in [3.8, 4) is 0 Å². The summed E-state index contributed by atoms with van der Waals surface area (Å²) in [5, 5.41) is 3.93. The van der Waals surface area contributed by atoms with E-state index in [-0.39, 0.29) is 11.9 Å². The number of aromatic nitrogens is 1. The Morgan fingerprint density at radius 3 is 2.59 bits per heavy atom. The van der Waals surface area contributed by atoms with Crippen LogP contribution in [-0.2, 0) is 10.5 Å². The Morgan fingerprint density at radius 2 is 2.00 bits per heavy atom. The van der Waals surface area contributed by atoms with Crippen molar-refractivity contribution < 1.29 is 9.32 Å². The first-order valence-electron chi connectivity index (χ1n) is 7.30. The van der Waals surface area contributed by atoms with Gasteiger partial charge >= 0.3 is 0 Å². The van der Waals surface area contributed by atoms with Crippen molar-refractivity contribution >= 4 is 17.7 Å². The Bertz CT molecular complexity index is 605. The lowest BCUT2D eigenvalue weighted by molar-refractivity contribution is -0.128. The topological polar surface area (TPSA) is 46.3 Å². The maximum Gasteiger partial charge on any atom is 0.232 e. The van der Waals surface area contributed by atoms with Crippen LogP contribution in [0.3, 0.4) is 0 Å². The standard InChI is InChI=1S/C17H22N2O2S/c1-12-16(14(3)21-18-12)10-22-11-17(20)19(4)13(2)15-8-6-5-7-9-15/h5-9,13H,10-11H2,1-4H3. The summed E-state index contributed by atoms with van der Waals surface area (Å²) in [6.45, 7) is 5.88. The molecule has 1 atom stereocenters. The van der Waals surface area contributed by atoms with Crippen LogP contribution in [0.5, 0.6) is 0 Å². The number of thioether (sulfide) groups is 1. The van der Waals surface area contributed by atoms with E-state index in [2.05, 4.69) is 5.16 Å². The highest BCUT2D eigenvalue weighted by Gasteiger charge is 2.17. The lowest BCUT2D eigenvalue weighted by atomic mass is 10.1. The molecule has 0 bridgehead atoms. The summed E-state index contributed by atoms with van der Waals surface area (Å²) in [6, 6.07) is 10.1. The van der Waals surface area contributed by atoms with Crippen molar-refractivity contribution in [2.24, 2.45) is 0 Å². The van der Waals surface area contributed by atoms with E-state index in [0.29, 0.717) is 5.75 Å². The number of hydrogen-bond donors (Lipinski definition) is 0. The van der Waals surface area contributed by atoms with Crippen molar-refractivity contribution in [2.75, 3.05) is 12.8 Å². The Labute approximate surface area is 135 Å². The van der Waals surface area contributed by atoms with Gasteiger partial charge in [0.2, 0.25) is 5.91 Å². The monoisotopic (exact) mass is 318 g/mol. The van der Waals surface area contributed by atoms with Crippen molar-refractivity contribution in [2.45, 2.75) is 32.6 Å². The van der Waals surface area contributed by atoms with Gasteiger partial charge in [0, 0.05) is 18.4 Å². The van der Waals surface area contributed by atoms with Gasteiger partial charge in [-0.25, -0.2) is 0 Å². The van der Waals surface area contributed by atoms with E-state index in [1.807, 2.05) is 58.2 Å². The third-order valence-corrected chi connectivity index (χ3v) is 4.85. The van der Waals surface area contributed by atoms with E-state index >= 15 is 0 Å². The van der Waals surface area contributed by atoms with Crippen LogP contribution in [0.2, 0.25) is 0 Å². The van der Waals surface area contributed by atoms with Crippen molar-refractivity contribution in [1.82, 2.24) is 10.1 Å². The Kier molecular flexibility index (Phi) is 5.66. The summed E-state index contributed by atoms with van der Waals surface area (Å²) in [7, 11) is 1.86. The molecule has 0 saturated heterocycles. The van der Waals surface area contributed by atoms with Crippen molar-refractivity contribution in [1.29, 1.82) is 0 Å². The van der Waals surface area contributed by atoms with Gasteiger partial charge in [0.25, 0.3) is 0 Å². The molecular formula is C17H22N2O2S. The molecule has 0 spiro atoms. The molecule has 1 heterocycles. The van der Waals surface area contributed by atoms with Crippen LogP contribution in [0.25, 0.3) is 0 Å². The smallest absolute Gasteiger partial charge is 0.232 e. The number of nitrogens with zero attached hydrogens (tertiary/aromatic N) is 2. The van der Waals surface area contributed by atoms with Gasteiger partial charge in [0.05, 0.1) is 17.5 Å². The van der Waals surface area contributed by atoms with E-state index in [0.717, 1.165) is 28.3 Å². The maximum absolute atomic E-state index is 12.3. The number of rotatable bonds is 6. The van der Waals surface area contributed by atoms with Crippen LogP contribution >= 0.6 is 11.8 Å². The number of carbonyl (C=O) groups excluding carboxylic acids is 1. The molecule has 2 aromatic rings. The van der Waals surface area contributed by atoms with E-state index in [1.165, 1.54) is 0 Å². The SMILES string of the molecule is Cc1noc(C)c1CSCC(=O)N(C)C(C)c1ccccc1. The molecule has 2 rings (SSSR count). The zero-order valence-corrected chi connectivity index (χ0v) is 14.3. The predicted molar refractivity (Wildman–Crippen MR) is 89.8 cm³/mol. The molecule has 22 heavy (non-hydrogen) atoms. The maximum atomic E-state index is 12.3. The van der Waals surface area contributed by atoms with Crippen LogP contribution in [0, 0.1) is 13.8 Å². The van der Waals surface area contributed by atoms with Gasteiger partial charge in [0.1, 0.15) is 5.76 Å². The normalized spacial score (nSPS) is 12.2. The molecular weight excluding hydrogens is 296 g/mol. The molecule has 4 nitrogen and oxygen atoms in total. The van der Waals surface area contributed by atoms with Gasteiger partial charge in [-0.1, -0.05) is 35.5 Å². The van der Waals surface area contributed by atoms with Crippen molar-refractivity contribution in [3.63, 3.8) is 0 Å². The second-order valence-corrected chi connectivity index (χ2v) is 6.37. The first-order chi connectivity index (χ1) is 10.5. The van der Waals surface area contributed by atoms with Gasteiger partial charge in [-0.15, -0.1) is 11.8 Å². The second-order valence-electron chi connectivity index (χ2n) is 5.39. The quantitative estimate of drug-likeness (QED) is 0.814. The van der Waals surface area contributed by atoms with E-state index in [4.69, 9.17) is 4.52 Å². The molecule has 0 aliphatic heterocycles. The number of aryl methyl sites for hydroxylation is 2. The van der Waals surface area contributed by atoms with Crippen molar-refractivity contribution in [3.05, 3.63) is 52.9 Å². The molecule has 1 aromatic carbocycles. The third-order valence-electron chi connectivity index (χ3n) is 3.91. The molecule has 0 fully saturated rings. The van der Waals surface area contributed by atoms with Crippen LogP contribution < -0.4 is 0 Å². The lowest BCUT2D eigenvalue weighted by Crippen LogP contribution is -2.31. The number of benzene rings is 1. The first kappa shape index (κ1) is 16.6. The Balaban J connectivity index is 1.87. The van der Waals surface area contributed by atoms with E-state index < -0.39 is 0 Å². The summed E-state index contributed by atoms with van der Waals surface area (Å²) in [6.07, 6.45) is 0. The number of amides is 1. The second kappa shape index (κ2) is 7.49. The predicted octanol–water partition coefficient (Wildman–Crippen LogP) is 3.74. The Hall–Kier alpha value is -1.75. The summed E-state index contributed by atoms with van der Waals surface area (Å²) in [5.74, 6) is 2.18. The fraction of sp³-hybridized carbons (Fsp3) is 0.412. The highest BCUT2D eigenvalue weighted by Crippen LogP contribution is 2.22. The summed E-state index contributed by atoms with van der Waals surface area (Å²) >= 11 is 1.60. The minimum Gasteiger partial charge on any atom is -0.361 e. The van der Waals surface area contributed by atoms with Crippen LogP contribution in [0.1, 0.15) is 35.5 Å². The summed E-state index contributed by atoms with van der Waals surface area (Å²) < 4.78 is 5.14. The minimum absolute atomic E-state index is 0.0772. The molecule has 0 radical (unpaired) electrons. The molecule has 118 valence electrons. The van der Waals surface area contributed by atoms with Gasteiger partial charge < -0.3 is 9.42 Å². The molecule has 0 aliphatic carbocycles. The number of carbonyl (C=O) groups is 1. The average Bonchev–Trinajstić information content (AvgIpc) is 2.86. The lowest BCUT2D eigenvalue weighted by Gasteiger charge is -2.25.